The van der Waals surface area contributed by atoms with Crippen LogP contribution >= 0.6 is 0 Å². The van der Waals surface area contributed by atoms with Gasteiger partial charge < -0.3 is 11.1 Å². The maximum Gasteiger partial charge on any atom is 0.226 e. The Morgan fingerprint density at radius 2 is 1.69 bits per heavy atom. The van der Waals surface area contributed by atoms with Gasteiger partial charge in [0.2, 0.25) is 5.91 Å². The second-order valence-corrected chi connectivity index (χ2v) is 5.11. The monoisotopic (exact) mass is 228 g/mol. The van der Waals surface area contributed by atoms with Crippen LogP contribution in [0.25, 0.3) is 0 Å². The van der Waals surface area contributed by atoms with Crippen molar-refractivity contribution in [3.05, 3.63) is 0 Å². The number of amides is 1. The molecular weight excluding hydrogens is 200 g/mol. The summed E-state index contributed by atoms with van der Waals surface area (Å²) in [6.45, 7) is 7.16. The largest absolute Gasteiger partial charge is 0.356 e. The van der Waals surface area contributed by atoms with Gasteiger partial charge in [0.25, 0.3) is 0 Å². The molecule has 3 N–H and O–H groups in total. The molecule has 0 unspecified atom stereocenters. The minimum atomic E-state index is -0.428. The molecular formula is C13H28N2O. The molecule has 3 heteroatoms. The Morgan fingerprint density at radius 1 is 1.12 bits per heavy atom. The van der Waals surface area contributed by atoms with Crippen LogP contribution in [0.4, 0.5) is 0 Å². The van der Waals surface area contributed by atoms with Crippen LogP contribution in [-0.2, 0) is 4.79 Å². The number of carbonyl (C=O) groups excluding carboxylic acids is 1. The molecule has 0 bridgehead atoms. The average Bonchev–Trinajstić information content (AvgIpc) is 2.27. The zero-order valence-corrected chi connectivity index (χ0v) is 11.1. The Labute approximate surface area is 100 Å². The van der Waals surface area contributed by atoms with Crippen LogP contribution < -0.4 is 11.1 Å². The highest BCUT2D eigenvalue weighted by atomic mass is 16.2. The highest BCUT2D eigenvalue weighted by Crippen LogP contribution is 2.12. The molecule has 0 saturated carbocycles. The summed E-state index contributed by atoms with van der Waals surface area (Å²) in [5.74, 6) is 0.0727. The first-order valence-electron chi connectivity index (χ1n) is 6.53. The van der Waals surface area contributed by atoms with E-state index in [1.165, 1.54) is 32.1 Å². The Bertz CT molecular complexity index is 190. The van der Waals surface area contributed by atoms with Crippen molar-refractivity contribution in [2.45, 2.75) is 59.3 Å². The number of nitrogens with one attached hydrogen (secondary N) is 1. The molecule has 0 rings (SSSR count). The molecule has 0 spiro atoms. The Balaban J connectivity index is 3.42. The van der Waals surface area contributed by atoms with Gasteiger partial charge in [-0.3, -0.25) is 4.79 Å². The van der Waals surface area contributed by atoms with E-state index in [4.69, 9.17) is 5.73 Å². The van der Waals surface area contributed by atoms with Crippen LogP contribution in [0.1, 0.15) is 59.3 Å². The van der Waals surface area contributed by atoms with E-state index in [1.807, 2.05) is 13.8 Å². The van der Waals surface area contributed by atoms with E-state index < -0.39 is 5.41 Å². The molecule has 0 atom stereocenters. The summed E-state index contributed by atoms with van der Waals surface area (Å²) in [5.41, 5.74) is 5.10. The summed E-state index contributed by atoms with van der Waals surface area (Å²) in [5, 5.41) is 2.95. The third-order valence-electron chi connectivity index (χ3n) is 2.94. The van der Waals surface area contributed by atoms with Gasteiger partial charge in [-0.1, -0.05) is 39.0 Å². The van der Waals surface area contributed by atoms with E-state index in [9.17, 15) is 4.79 Å². The third-order valence-corrected chi connectivity index (χ3v) is 2.94. The molecule has 0 aromatic rings. The summed E-state index contributed by atoms with van der Waals surface area (Å²) in [6.07, 6.45) is 7.50. The summed E-state index contributed by atoms with van der Waals surface area (Å²) in [4.78, 5) is 11.6. The maximum absolute atomic E-state index is 11.6. The highest BCUT2D eigenvalue weighted by molar-refractivity contribution is 5.81. The highest BCUT2D eigenvalue weighted by Gasteiger charge is 2.24. The quantitative estimate of drug-likeness (QED) is 0.596. The van der Waals surface area contributed by atoms with E-state index in [0.717, 1.165) is 13.0 Å². The van der Waals surface area contributed by atoms with Crippen LogP contribution in [0.3, 0.4) is 0 Å². The molecule has 0 saturated heterocycles. The first kappa shape index (κ1) is 15.4. The zero-order valence-electron chi connectivity index (χ0n) is 11.1. The van der Waals surface area contributed by atoms with Crippen molar-refractivity contribution in [1.82, 2.24) is 5.32 Å². The number of rotatable bonds is 9. The van der Waals surface area contributed by atoms with Crippen molar-refractivity contribution >= 4 is 5.91 Å². The van der Waals surface area contributed by atoms with Gasteiger partial charge in [0, 0.05) is 13.1 Å². The predicted molar refractivity (Wildman–Crippen MR) is 69.2 cm³/mol. The van der Waals surface area contributed by atoms with Gasteiger partial charge in [-0.25, -0.2) is 0 Å². The SMILES string of the molecule is CCCCCCCCNC(=O)C(C)(C)CN. The fraction of sp³-hybridized carbons (Fsp3) is 0.923. The molecule has 1 amide bonds. The number of hydrogen-bond acceptors (Lipinski definition) is 2. The van der Waals surface area contributed by atoms with Crippen LogP contribution in [0.2, 0.25) is 0 Å². The lowest BCUT2D eigenvalue weighted by Gasteiger charge is -2.21. The van der Waals surface area contributed by atoms with Crippen LogP contribution in [0.15, 0.2) is 0 Å². The lowest BCUT2D eigenvalue weighted by Crippen LogP contribution is -2.42. The standard InChI is InChI=1S/C13H28N2O/c1-4-5-6-7-8-9-10-15-12(16)13(2,3)11-14/h4-11,14H2,1-3H3,(H,15,16). The van der Waals surface area contributed by atoms with Gasteiger partial charge in [0.15, 0.2) is 0 Å². The predicted octanol–water partition coefficient (Wildman–Crippen LogP) is 2.45. The van der Waals surface area contributed by atoms with Gasteiger partial charge in [-0.2, -0.15) is 0 Å². The zero-order chi connectivity index (χ0) is 12.4. The van der Waals surface area contributed by atoms with Crippen molar-refractivity contribution in [2.75, 3.05) is 13.1 Å². The Morgan fingerprint density at radius 3 is 2.25 bits per heavy atom. The van der Waals surface area contributed by atoms with E-state index in [0.29, 0.717) is 6.54 Å². The molecule has 0 heterocycles. The van der Waals surface area contributed by atoms with Gasteiger partial charge in [0.05, 0.1) is 5.41 Å². The normalized spacial score (nSPS) is 11.5. The van der Waals surface area contributed by atoms with E-state index in [1.54, 1.807) is 0 Å². The van der Waals surface area contributed by atoms with Crippen molar-refractivity contribution < 1.29 is 4.79 Å². The topological polar surface area (TPSA) is 55.1 Å². The minimum absolute atomic E-state index is 0.0727. The molecule has 0 radical (unpaired) electrons. The molecule has 0 aromatic heterocycles. The second kappa shape index (κ2) is 8.57. The molecule has 0 aliphatic carbocycles. The first-order valence-corrected chi connectivity index (χ1v) is 6.53. The van der Waals surface area contributed by atoms with E-state index in [2.05, 4.69) is 12.2 Å². The molecule has 0 aromatic carbocycles. The lowest BCUT2D eigenvalue weighted by molar-refractivity contribution is -0.128. The molecule has 0 aliphatic rings. The van der Waals surface area contributed by atoms with Gasteiger partial charge in [-0.05, 0) is 20.3 Å². The fourth-order valence-corrected chi connectivity index (χ4v) is 1.44. The second-order valence-electron chi connectivity index (χ2n) is 5.11. The molecule has 16 heavy (non-hydrogen) atoms. The van der Waals surface area contributed by atoms with Gasteiger partial charge in [-0.15, -0.1) is 0 Å². The molecule has 0 aliphatic heterocycles. The molecule has 0 fully saturated rings. The van der Waals surface area contributed by atoms with Crippen LogP contribution in [-0.4, -0.2) is 19.0 Å². The van der Waals surface area contributed by atoms with Gasteiger partial charge in [0.1, 0.15) is 0 Å². The molecule has 3 nitrogen and oxygen atoms in total. The van der Waals surface area contributed by atoms with Crippen LogP contribution in [0.5, 0.6) is 0 Å². The van der Waals surface area contributed by atoms with Crippen molar-refractivity contribution in [3.8, 4) is 0 Å². The molecule has 96 valence electrons. The number of hydrogen-bond donors (Lipinski definition) is 2. The Kier molecular flexibility index (Phi) is 8.26. The van der Waals surface area contributed by atoms with Gasteiger partial charge >= 0.3 is 0 Å². The summed E-state index contributed by atoms with van der Waals surface area (Å²) in [6, 6.07) is 0. The number of nitrogens with two attached hydrogens (primary N) is 1. The summed E-state index contributed by atoms with van der Waals surface area (Å²) < 4.78 is 0. The Hall–Kier alpha value is -0.570. The van der Waals surface area contributed by atoms with E-state index >= 15 is 0 Å². The van der Waals surface area contributed by atoms with E-state index in [-0.39, 0.29) is 5.91 Å². The van der Waals surface area contributed by atoms with Crippen LogP contribution in [0, 0.1) is 5.41 Å². The first-order chi connectivity index (χ1) is 7.54. The van der Waals surface area contributed by atoms with Crippen molar-refractivity contribution in [1.29, 1.82) is 0 Å². The lowest BCUT2D eigenvalue weighted by atomic mass is 9.93. The van der Waals surface area contributed by atoms with Crippen molar-refractivity contribution in [2.24, 2.45) is 11.1 Å². The average molecular weight is 228 g/mol. The fourth-order valence-electron chi connectivity index (χ4n) is 1.44. The van der Waals surface area contributed by atoms with Crippen molar-refractivity contribution in [3.63, 3.8) is 0 Å². The summed E-state index contributed by atoms with van der Waals surface area (Å²) in [7, 11) is 0. The maximum atomic E-state index is 11.6. The number of carbonyl (C=O) groups is 1. The summed E-state index contributed by atoms with van der Waals surface area (Å²) >= 11 is 0. The smallest absolute Gasteiger partial charge is 0.226 e. The minimum Gasteiger partial charge on any atom is -0.356 e. The number of unbranched alkanes of at least 4 members (excludes halogenated alkanes) is 5. The third kappa shape index (κ3) is 6.83.